The number of nitriles is 2. The summed E-state index contributed by atoms with van der Waals surface area (Å²) in [4.78, 5) is 12.2. The van der Waals surface area contributed by atoms with Crippen molar-refractivity contribution in [2.75, 3.05) is 0 Å². The van der Waals surface area contributed by atoms with Gasteiger partial charge in [-0.05, 0) is 59.7 Å². The molecule has 4 aromatic rings. The maximum Gasteiger partial charge on any atom is 0.416 e. The zero-order valence-corrected chi connectivity index (χ0v) is 26.4. The molecule has 44 heavy (non-hydrogen) atoms. The predicted octanol–water partition coefficient (Wildman–Crippen LogP) is 9.34. The summed E-state index contributed by atoms with van der Waals surface area (Å²) in [6.07, 6.45) is -4.91. The third-order valence-corrected chi connectivity index (χ3v) is 7.90. The Labute approximate surface area is 277 Å². The highest BCUT2D eigenvalue weighted by atomic mass is 127. The van der Waals surface area contributed by atoms with Crippen LogP contribution in [0.4, 0.5) is 26.3 Å². The molecule has 0 atom stereocenters. The number of nitrogens with zero attached hydrogens (tertiary/aromatic N) is 6. The quantitative estimate of drug-likeness (QED) is 0.116. The van der Waals surface area contributed by atoms with Crippen molar-refractivity contribution in [1.82, 2.24) is 19.6 Å². The maximum absolute atomic E-state index is 12.8. The van der Waals surface area contributed by atoms with E-state index in [1.165, 1.54) is 17.1 Å². The van der Waals surface area contributed by atoms with Crippen LogP contribution in [0, 0.1) is 32.2 Å². The van der Waals surface area contributed by atoms with Crippen LogP contribution in [-0.2, 0) is 12.4 Å². The molecule has 1 saturated carbocycles. The Balaban J connectivity index is 0.000000204. The number of hydrogen-bond acceptors (Lipinski definition) is 5. The zero-order valence-electron chi connectivity index (χ0n) is 21.2. The topological polar surface area (TPSA) is 100 Å². The van der Waals surface area contributed by atoms with Gasteiger partial charge < -0.3 is 0 Å². The lowest BCUT2D eigenvalue weighted by Crippen LogP contribution is -2.07. The van der Waals surface area contributed by atoms with Crippen LogP contribution >= 0.6 is 69.0 Å². The van der Waals surface area contributed by atoms with Crippen LogP contribution in [0.1, 0.15) is 45.7 Å². The van der Waals surface area contributed by atoms with E-state index in [-0.39, 0.29) is 60.1 Å². The lowest BCUT2D eigenvalue weighted by Gasteiger charge is -2.12. The van der Waals surface area contributed by atoms with Crippen molar-refractivity contribution in [2.24, 2.45) is 5.92 Å². The van der Waals surface area contributed by atoms with Crippen molar-refractivity contribution in [3.8, 4) is 23.5 Å². The van der Waals surface area contributed by atoms with Crippen molar-refractivity contribution < 1.29 is 31.1 Å². The summed E-state index contributed by atoms with van der Waals surface area (Å²) in [7, 11) is 0. The Bertz CT molecular complexity index is 1820. The van der Waals surface area contributed by atoms with Crippen LogP contribution < -0.4 is 0 Å². The van der Waals surface area contributed by atoms with Gasteiger partial charge in [-0.2, -0.15) is 47.1 Å². The average Bonchev–Trinajstić information content (AvgIpc) is 3.58. The van der Waals surface area contributed by atoms with Crippen molar-refractivity contribution in [2.45, 2.75) is 25.2 Å². The first kappa shape index (κ1) is 33.9. The molecule has 0 bridgehead atoms. The monoisotopic (exact) mass is 804 g/mol. The molecule has 1 fully saturated rings. The minimum absolute atomic E-state index is 0.0160. The molecule has 1 aliphatic carbocycles. The van der Waals surface area contributed by atoms with E-state index in [0.717, 1.165) is 41.8 Å². The second-order valence-corrected chi connectivity index (χ2v) is 11.8. The summed E-state index contributed by atoms with van der Waals surface area (Å²) in [6.45, 7) is 0. The van der Waals surface area contributed by atoms with Gasteiger partial charge >= 0.3 is 12.4 Å². The number of hydrogen-bond donors (Lipinski definition) is 0. The lowest BCUT2D eigenvalue weighted by atomic mass is 10.1. The fraction of sp³-hybridized carbons (Fsp3) is 0.192. The van der Waals surface area contributed by atoms with Gasteiger partial charge in [0.1, 0.15) is 23.5 Å². The molecule has 18 heteroatoms. The number of halogens is 11. The van der Waals surface area contributed by atoms with Crippen LogP contribution in [0.3, 0.4) is 0 Å². The van der Waals surface area contributed by atoms with Crippen LogP contribution in [-0.4, -0.2) is 25.3 Å². The summed E-state index contributed by atoms with van der Waals surface area (Å²) in [5.74, 6) is -0.342. The third-order valence-electron chi connectivity index (χ3n) is 5.96. The number of alkyl halides is 6. The molecular weight excluding hydrogens is 795 g/mol. The maximum atomic E-state index is 12.8. The third kappa shape index (κ3) is 7.26. The molecule has 0 amide bonds. The molecule has 7 nitrogen and oxygen atoms in total. The first-order valence-electron chi connectivity index (χ1n) is 11.8. The van der Waals surface area contributed by atoms with E-state index in [1.807, 2.05) is 28.7 Å². The molecule has 0 unspecified atom stereocenters. The molecule has 2 heterocycles. The van der Waals surface area contributed by atoms with Crippen LogP contribution in [0.5, 0.6) is 0 Å². The summed E-state index contributed by atoms with van der Waals surface area (Å²) in [6, 6.07) is 6.64. The van der Waals surface area contributed by atoms with Gasteiger partial charge in [0.25, 0.3) is 0 Å². The number of Topliss-reactive ketones (excluding diaryl/α,β-unsaturated/α-hetero) is 1. The minimum atomic E-state index is -4.60. The highest BCUT2D eigenvalue weighted by Crippen LogP contribution is 2.39. The smallest absolute Gasteiger partial charge is 0.294 e. The lowest BCUT2D eigenvalue weighted by molar-refractivity contribution is -0.138. The number of ketones is 1. The Morgan fingerprint density at radius 1 is 0.773 bits per heavy atom. The standard InChI is InChI=1S/C15H8Cl2F3N3O.C11H3Cl2F3IN3/c16-10-3-8(15(18,19)20)4-11(17)13(10)23-6-9(12(5-21)22-23)14(24)7-1-2-7;12-6-1-5(11(14,15)16)2-7(13)10(6)20-4-8(17)9(3-18)19-20/h3-4,6-7H,1-2H2;1-2,4H. The van der Waals surface area contributed by atoms with Gasteiger partial charge in [0.05, 0.1) is 40.4 Å². The fourth-order valence-corrected chi connectivity index (χ4v) is 5.57. The van der Waals surface area contributed by atoms with Gasteiger partial charge in [0, 0.05) is 18.3 Å². The van der Waals surface area contributed by atoms with Gasteiger partial charge in [0.2, 0.25) is 0 Å². The predicted molar refractivity (Wildman–Crippen MR) is 156 cm³/mol. The van der Waals surface area contributed by atoms with Gasteiger partial charge in [-0.25, -0.2) is 9.36 Å². The van der Waals surface area contributed by atoms with Gasteiger partial charge in [-0.1, -0.05) is 46.4 Å². The van der Waals surface area contributed by atoms with Crippen LogP contribution in [0.2, 0.25) is 20.1 Å². The number of rotatable bonds is 4. The summed E-state index contributed by atoms with van der Waals surface area (Å²) in [5.41, 5.74) is -1.72. The first-order valence-corrected chi connectivity index (χ1v) is 14.4. The van der Waals surface area contributed by atoms with Crippen molar-refractivity contribution in [3.63, 3.8) is 0 Å². The van der Waals surface area contributed by atoms with Crippen molar-refractivity contribution in [1.29, 1.82) is 10.5 Å². The van der Waals surface area contributed by atoms with Gasteiger partial charge in [-0.3, -0.25) is 4.79 Å². The van der Waals surface area contributed by atoms with E-state index < -0.39 is 23.5 Å². The molecule has 0 N–H and O–H groups in total. The van der Waals surface area contributed by atoms with Crippen molar-refractivity contribution >= 4 is 74.8 Å². The van der Waals surface area contributed by atoms with Crippen LogP contribution in [0.15, 0.2) is 36.7 Å². The fourth-order valence-electron chi connectivity index (χ4n) is 3.76. The second kappa shape index (κ2) is 12.8. The average molecular weight is 806 g/mol. The highest BCUT2D eigenvalue weighted by molar-refractivity contribution is 14.1. The molecule has 0 radical (unpaired) electrons. The van der Waals surface area contributed by atoms with Crippen LogP contribution in [0.25, 0.3) is 11.4 Å². The molecular formula is C26H11Cl4F6IN6O. The molecule has 1 aliphatic rings. The number of carbonyl (C=O) groups excluding carboxylic acids is 1. The van der Waals surface area contributed by atoms with E-state index in [4.69, 9.17) is 56.9 Å². The Morgan fingerprint density at radius 3 is 1.50 bits per heavy atom. The second-order valence-electron chi connectivity index (χ2n) is 9.04. The molecule has 0 saturated heterocycles. The number of carbonyl (C=O) groups is 1. The minimum Gasteiger partial charge on any atom is -0.294 e. The van der Waals surface area contributed by atoms with E-state index >= 15 is 0 Å². The highest BCUT2D eigenvalue weighted by Gasteiger charge is 2.35. The van der Waals surface area contributed by atoms with E-state index in [0.29, 0.717) is 3.57 Å². The largest absolute Gasteiger partial charge is 0.416 e. The number of benzene rings is 2. The van der Waals surface area contributed by atoms with E-state index in [9.17, 15) is 31.1 Å². The molecule has 0 spiro atoms. The summed E-state index contributed by atoms with van der Waals surface area (Å²) in [5, 5.41) is 24.8. The molecule has 2 aromatic heterocycles. The Kier molecular flexibility index (Phi) is 9.83. The zero-order chi connectivity index (χ0) is 32.7. The van der Waals surface area contributed by atoms with E-state index in [1.54, 1.807) is 6.07 Å². The van der Waals surface area contributed by atoms with Gasteiger partial charge in [0.15, 0.2) is 17.2 Å². The molecule has 0 aliphatic heterocycles. The number of aromatic nitrogens is 4. The normalized spacial score (nSPS) is 13.1. The summed E-state index contributed by atoms with van der Waals surface area (Å²) < 4.78 is 79.0. The van der Waals surface area contributed by atoms with E-state index in [2.05, 4.69) is 10.2 Å². The van der Waals surface area contributed by atoms with Crippen molar-refractivity contribution in [3.05, 3.63) is 88.4 Å². The SMILES string of the molecule is N#Cc1nn(-c2c(Cl)cc(C(F)(F)F)cc2Cl)cc1C(=O)C1CC1.N#Cc1nn(-c2c(Cl)cc(C(F)(F)F)cc2Cl)cc1I. The summed E-state index contributed by atoms with van der Waals surface area (Å²) >= 11 is 25.4. The van der Waals surface area contributed by atoms with Gasteiger partial charge in [-0.15, -0.1) is 0 Å². The Hall–Kier alpha value is -3.02. The molecule has 228 valence electrons. The molecule has 2 aromatic carbocycles. The first-order chi connectivity index (χ1) is 20.5. The molecule has 5 rings (SSSR count). The Morgan fingerprint density at radius 2 is 1.16 bits per heavy atom.